The molecule has 99 valence electrons. The lowest BCUT2D eigenvalue weighted by molar-refractivity contribution is -0.139. The number of rotatable bonds is 6. The first-order valence-corrected chi connectivity index (χ1v) is 7.14. The van der Waals surface area contributed by atoms with Crippen molar-refractivity contribution in [1.29, 1.82) is 0 Å². The molecule has 1 aliphatic rings. The molecule has 2 unspecified atom stereocenters. The molecule has 0 saturated carbocycles. The van der Waals surface area contributed by atoms with Crippen LogP contribution in [0.3, 0.4) is 0 Å². The Morgan fingerprint density at radius 3 is 2.56 bits per heavy atom. The number of imide groups is 1. The average Bonchev–Trinajstić information content (AvgIpc) is 2.55. The SMILES string of the molecule is C[B]C(=O)C(C)CN1C(=O)CC(SC(C)C)C1=O. The van der Waals surface area contributed by atoms with Gasteiger partial charge in [-0.25, -0.2) is 0 Å². The summed E-state index contributed by atoms with van der Waals surface area (Å²) in [5.74, 6) is -0.617. The van der Waals surface area contributed by atoms with Crippen molar-refractivity contribution >= 4 is 36.5 Å². The first-order chi connectivity index (χ1) is 8.36. The first kappa shape index (κ1) is 15.3. The van der Waals surface area contributed by atoms with Crippen LogP contribution in [0.4, 0.5) is 0 Å². The number of hydrogen-bond donors (Lipinski definition) is 0. The van der Waals surface area contributed by atoms with Crippen LogP contribution in [-0.4, -0.2) is 46.7 Å². The lowest BCUT2D eigenvalue weighted by Gasteiger charge is -2.19. The van der Waals surface area contributed by atoms with Crippen molar-refractivity contribution in [2.45, 2.75) is 44.5 Å². The fourth-order valence-corrected chi connectivity index (χ4v) is 3.07. The number of likely N-dealkylation sites (tertiary alicyclic amines) is 1. The average molecular weight is 268 g/mol. The monoisotopic (exact) mass is 268 g/mol. The maximum Gasteiger partial charge on any atom is 0.242 e. The molecule has 0 aromatic rings. The molecular weight excluding hydrogens is 249 g/mol. The van der Waals surface area contributed by atoms with E-state index in [4.69, 9.17) is 0 Å². The zero-order chi connectivity index (χ0) is 13.9. The second-order valence-corrected chi connectivity index (χ2v) is 6.60. The van der Waals surface area contributed by atoms with Crippen LogP contribution in [0.25, 0.3) is 0 Å². The maximum atomic E-state index is 12.1. The van der Waals surface area contributed by atoms with E-state index < -0.39 is 0 Å². The smallest absolute Gasteiger partial charge is 0.242 e. The summed E-state index contributed by atoms with van der Waals surface area (Å²) in [6.45, 7) is 7.62. The quantitative estimate of drug-likeness (QED) is 0.536. The summed E-state index contributed by atoms with van der Waals surface area (Å²) in [5.41, 5.74) is -0.0319. The van der Waals surface area contributed by atoms with E-state index in [0.717, 1.165) is 0 Å². The van der Waals surface area contributed by atoms with E-state index in [0.29, 0.717) is 5.25 Å². The molecule has 1 aliphatic heterocycles. The van der Waals surface area contributed by atoms with Crippen molar-refractivity contribution in [3.63, 3.8) is 0 Å². The van der Waals surface area contributed by atoms with Gasteiger partial charge in [-0.1, -0.05) is 27.6 Å². The van der Waals surface area contributed by atoms with Crippen molar-refractivity contribution in [2.24, 2.45) is 5.92 Å². The summed E-state index contributed by atoms with van der Waals surface area (Å²) in [5, 5.41) is 0.0418. The zero-order valence-corrected chi connectivity index (χ0v) is 12.1. The molecule has 18 heavy (non-hydrogen) atoms. The molecule has 0 bridgehead atoms. The summed E-state index contributed by atoms with van der Waals surface area (Å²) < 4.78 is 0. The van der Waals surface area contributed by atoms with E-state index >= 15 is 0 Å². The Bertz CT molecular complexity index is 359. The van der Waals surface area contributed by atoms with E-state index in [9.17, 15) is 14.4 Å². The minimum absolute atomic E-state index is 0.0319. The summed E-state index contributed by atoms with van der Waals surface area (Å²) in [6.07, 6.45) is 0.262. The fourth-order valence-electron chi connectivity index (χ4n) is 1.93. The highest BCUT2D eigenvalue weighted by atomic mass is 32.2. The Kier molecular flexibility index (Phi) is 5.44. The molecule has 1 rings (SSSR count). The molecule has 2 amide bonds. The molecule has 0 aliphatic carbocycles. The van der Waals surface area contributed by atoms with Gasteiger partial charge in [0.15, 0.2) is 7.28 Å². The van der Waals surface area contributed by atoms with Crippen molar-refractivity contribution in [3.8, 4) is 0 Å². The minimum atomic E-state index is -0.314. The second-order valence-electron chi connectivity index (χ2n) is 4.81. The minimum Gasteiger partial charge on any atom is -0.312 e. The Labute approximate surface area is 113 Å². The third-order valence-corrected chi connectivity index (χ3v) is 4.11. The largest absolute Gasteiger partial charge is 0.312 e. The second kappa shape index (κ2) is 6.41. The van der Waals surface area contributed by atoms with Crippen LogP contribution in [-0.2, 0) is 14.4 Å². The lowest BCUT2D eigenvalue weighted by Crippen LogP contribution is -2.38. The molecule has 0 spiro atoms. The summed E-state index contributed by atoms with van der Waals surface area (Å²) in [6, 6.07) is 0. The predicted molar refractivity (Wildman–Crippen MR) is 73.6 cm³/mol. The Morgan fingerprint density at radius 2 is 2.06 bits per heavy atom. The summed E-state index contributed by atoms with van der Waals surface area (Å²) in [4.78, 5) is 36.6. The lowest BCUT2D eigenvalue weighted by atomic mass is 9.71. The maximum absolute atomic E-state index is 12.1. The molecule has 0 aromatic carbocycles. The van der Waals surface area contributed by atoms with E-state index in [1.54, 1.807) is 13.7 Å². The predicted octanol–water partition coefficient (Wildman–Crippen LogP) is 1.17. The van der Waals surface area contributed by atoms with Gasteiger partial charge in [-0.3, -0.25) is 14.5 Å². The summed E-state index contributed by atoms with van der Waals surface area (Å²) >= 11 is 1.51. The topological polar surface area (TPSA) is 54.5 Å². The van der Waals surface area contributed by atoms with Gasteiger partial charge in [0, 0.05) is 18.9 Å². The highest BCUT2D eigenvalue weighted by Gasteiger charge is 2.40. The molecule has 2 atom stereocenters. The molecule has 1 saturated heterocycles. The van der Waals surface area contributed by atoms with Crippen LogP contribution in [0.2, 0.25) is 6.82 Å². The van der Waals surface area contributed by atoms with Gasteiger partial charge in [-0.2, -0.15) is 0 Å². The number of nitrogens with zero attached hydrogens (tertiary/aromatic N) is 1. The summed E-state index contributed by atoms with van der Waals surface area (Å²) in [7, 11) is 1.48. The van der Waals surface area contributed by atoms with Gasteiger partial charge in [0.05, 0.1) is 10.9 Å². The Morgan fingerprint density at radius 1 is 1.44 bits per heavy atom. The van der Waals surface area contributed by atoms with Crippen LogP contribution in [0.5, 0.6) is 0 Å². The number of amides is 2. The molecule has 4 nitrogen and oxygen atoms in total. The fraction of sp³-hybridized carbons (Fsp3) is 0.750. The van der Waals surface area contributed by atoms with Crippen LogP contribution in [0.1, 0.15) is 27.2 Å². The molecular formula is C12H19BNO3S. The van der Waals surface area contributed by atoms with Gasteiger partial charge in [0.25, 0.3) is 0 Å². The van der Waals surface area contributed by atoms with E-state index in [1.165, 1.54) is 23.9 Å². The van der Waals surface area contributed by atoms with Crippen LogP contribution in [0, 0.1) is 5.92 Å². The number of carbonyl (C=O) groups is 3. The zero-order valence-electron chi connectivity index (χ0n) is 11.3. The molecule has 0 aromatic heterocycles. The highest BCUT2D eigenvalue weighted by molar-refractivity contribution is 8.01. The standard InChI is InChI=1S/C12H19BNO3S/c1-7(2)18-9-5-10(15)14(12(9)17)6-8(3)11(16)13-4/h7-9H,5-6H2,1-4H3. The van der Waals surface area contributed by atoms with Crippen molar-refractivity contribution in [3.05, 3.63) is 0 Å². The third-order valence-electron chi connectivity index (χ3n) is 2.87. The van der Waals surface area contributed by atoms with Gasteiger partial charge < -0.3 is 4.79 Å². The Hall–Kier alpha value is -0.775. The van der Waals surface area contributed by atoms with Gasteiger partial charge in [-0.15, -0.1) is 11.8 Å². The van der Waals surface area contributed by atoms with Crippen molar-refractivity contribution in [1.82, 2.24) is 4.90 Å². The number of carbonyl (C=O) groups excluding carboxylic acids is 3. The molecule has 1 fully saturated rings. The van der Waals surface area contributed by atoms with Crippen LogP contribution >= 0.6 is 11.8 Å². The molecule has 6 heteroatoms. The van der Waals surface area contributed by atoms with E-state index in [1.807, 2.05) is 13.8 Å². The highest BCUT2D eigenvalue weighted by Crippen LogP contribution is 2.28. The van der Waals surface area contributed by atoms with Gasteiger partial charge >= 0.3 is 0 Å². The van der Waals surface area contributed by atoms with Gasteiger partial charge in [0.1, 0.15) is 0 Å². The number of hydrogen-bond acceptors (Lipinski definition) is 4. The molecule has 1 heterocycles. The normalized spacial score (nSPS) is 21.6. The van der Waals surface area contributed by atoms with E-state index in [-0.39, 0.29) is 41.6 Å². The number of thioether (sulfide) groups is 1. The van der Waals surface area contributed by atoms with Gasteiger partial charge in [-0.05, 0) is 5.25 Å². The molecule has 0 N–H and O–H groups in total. The van der Waals surface area contributed by atoms with Crippen molar-refractivity contribution < 1.29 is 14.4 Å². The van der Waals surface area contributed by atoms with E-state index in [2.05, 4.69) is 0 Å². The van der Waals surface area contributed by atoms with Crippen LogP contribution < -0.4 is 0 Å². The first-order valence-electron chi connectivity index (χ1n) is 6.19. The third kappa shape index (κ3) is 3.61. The Balaban J connectivity index is 2.64. The van der Waals surface area contributed by atoms with Crippen LogP contribution in [0.15, 0.2) is 0 Å². The van der Waals surface area contributed by atoms with Gasteiger partial charge in [0.2, 0.25) is 11.8 Å². The molecule has 1 radical (unpaired) electrons. The van der Waals surface area contributed by atoms with Crippen molar-refractivity contribution in [2.75, 3.05) is 6.54 Å².